The number of nitrogen functional groups attached to an aromatic ring is 1. The van der Waals surface area contributed by atoms with Gasteiger partial charge in [0.05, 0.1) is 6.67 Å². The number of likely N-dealkylation sites (tertiary alicyclic amines) is 1. The molecule has 4 nitrogen and oxygen atoms in total. The monoisotopic (exact) mass is 472 g/mol. The molecule has 1 unspecified atom stereocenters. The van der Waals surface area contributed by atoms with Crippen molar-refractivity contribution in [1.29, 1.82) is 0 Å². The van der Waals surface area contributed by atoms with E-state index in [4.69, 9.17) is 10.5 Å². The van der Waals surface area contributed by atoms with Crippen molar-refractivity contribution < 1.29 is 14.2 Å². The summed E-state index contributed by atoms with van der Waals surface area (Å²) in [6, 6.07) is 22.2. The number of aromatic hydroxyl groups is 1. The number of hydrogen-bond acceptors (Lipinski definition) is 4. The van der Waals surface area contributed by atoms with Gasteiger partial charge in [-0.1, -0.05) is 30.3 Å². The van der Waals surface area contributed by atoms with Gasteiger partial charge in [-0.15, -0.1) is 0 Å². The average molecular weight is 473 g/mol. The maximum atomic E-state index is 12.5. The molecular weight excluding hydrogens is 439 g/mol. The Bertz CT molecular complexity index is 1210. The molecule has 0 spiro atoms. The SMILES string of the molecule is Nc1cccc(C2=C(c3ccc(OC4CCN(CCCF)C4)cc3)c3ccc(O)cc3CCC2)c1. The third kappa shape index (κ3) is 5.35. The third-order valence-corrected chi connectivity index (χ3v) is 7.05. The van der Waals surface area contributed by atoms with Crippen LogP contribution in [0, 0.1) is 0 Å². The highest BCUT2D eigenvalue weighted by atomic mass is 19.1. The number of ether oxygens (including phenoxy) is 1. The Labute approximate surface area is 206 Å². The van der Waals surface area contributed by atoms with Crippen LogP contribution in [0.15, 0.2) is 66.7 Å². The van der Waals surface area contributed by atoms with Gasteiger partial charge in [0.25, 0.3) is 0 Å². The number of nitrogens with two attached hydrogens (primary N) is 1. The van der Waals surface area contributed by atoms with Crippen molar-refractivity contribution in [2.45, 2.75) is 38.2 Å². The number of anilines is 1. The molecule has 1 heterocycles. The van der Waals surface area contributed by atoms with Crippen LogP contribution >= 0.6 is 0 Å². The molecule has 182 valence electrons. The molecule has 1 atom stereocenters. The van der Waals surface area contributed by atoms with Crippen LogP contribution in [0.1, 0.15) is 47.9 Å². The zero-order valence-electron chi connectivity index (χ0n) is 20.1. The Hall–Kier alpha value is -3.31. The van der Waals surface area contributed by atoms with E-state index in [1.165, 1.54) is 16.7 Å². The lowest BCUT2D eigenvalue weighted by atomic mass is 9.87. The first kappa shape index (κ1) is 23.4. The van der Waals surface area contributed by atoms with E-state index in [0.717, 1.165) is 73.4 Å². The van der Waals surface area contributed by atoms with Crippen molar-refractivity contribution in [2.75, 3.05) is 32.0 Å². The van der Waals surface area contributed by atoms with E-state index in [-0.39, 0.29) is 12.8 Å². The normalized spacial score (nSPS) is 18.4. The number of halogens is 1. The molecule has 3 N–H and O–H groups in total. The summed E-state index contributed by atoms with van der Waals surface area (Å²) >= 11 is 0. The van der Waals surface area contributed by atoms with Crippen LogP contribution in [0.5, 0.6) is 11.5 Å². The van der Waals surface area contributed by atoms with Gasteiger partial charge in [-0.3, -0.25) is 9.29 Å². The van der Waals surface area contributed by atoms with E-state index in [1.54, 1.807) is 6.07 Å². The van der Waals surface area contributed by atoms with Crippen molar-refractivity contribution in [3.8, 4) is 11.5 Å². The molecule has 0 amide bonds. The molecule has 0 saturated carbocycles. The standard InChI is InChI=1S/C30H33FN2O2/c31-15-3-16-33-17-14-27(20-33)35-26-11-8-21(9-12-26)30-28(22-4-1-6-24(32)18-22)7-2-5-23-19-25(34)10-13-29(23)30/h1,4,6,8-13,18-19,27,34H,2-3,5,7,14-17,20,32H2. The number of benzene rings is 3. The van der Waals surface area contributed by atoms with Gasteiger partial charge in [-0.25, -0.2) is 0 Å². The Morgan fingerprint density at radius 3 is 2.66 bits per heavy atom. The molecule has 1 saturated heterocycles. The maximum absolute atomic E-state index is 12.5. The quantitative estimate of drug-likeness (QED) is 0.409. The summed E-state index contributed by atoms with van der Waals surface area (Å²) in [5, 5.41) is 10.1. The molecular formula is C30H33FN2O2. The Morgan fingerprint density at radius 2 is 1.86 bits per heavy atom. The molecule has 5 heteroatoms. The Balaban J connectivity index is 1.47. The predicted molar refractivity (Wildman–Crippen MR) is 140 cm³/mol. The maximum Gasteiger partial charge on any atom is 0.119 e. The first-order chi connectivity index (χ1) is 17.1. The summed E-state index contributed by atoms with van der Waals surface area (Å²) in [7, 11) is 0. The number of nitrogens with zero attached hydrogens (tertiary/aromatic N) is 1. The van der Waals surface area contributed by atoms with Crippen molar-refractivity contribution >= 4 is 16.8 Å². The molecule has 3 aromatic rings. The smallest absolute Gasteiger partial charge is 0.119 e. The number of aryl methyl sites for hydroxylation is 1. The van der Waals surface area contributed by atoms with Crippen LogP contribution in [-0.2, 0) is 6.42 Å². The van der Waals surface area contributed by atoms with Gasteiger partial charge in [0.1, 0.15) is 17.6 Å². The minimum absolute atomic E-state index is 0.143. The average Bonchev–Trinajstić information content (AvgIpc) is 3.22. The molecule has 0 radical (unpaired) electrons. The van der Waals surface area contributed by atoms with Crippen LogP contribution in [-0.4, -0.2) is 42.4 Å². The number of allylic oxidation sites excluding steroid dienone is 1. The summed E-state index contributed by atoms with van der Waals surface area (Å²) in [5.74, 6) is 1.16. The summed E-state index contributed by atoms with van der Waals surface area (Å²) in [4.78, 5) is 2.28. The zero-order chi connectivity index (χ0) is 24.2. The minimum atomic E-state index is -0.264. The van der Waals surface area contributed by atoms with E-state index in [0.29, 0.717) is 12.2 Å². The largest absolute Gasteiger partial charge is 0.508 e. The number of phenols is 1. The topological polar surface area (TPSA) is 58.7 Å². The fourth-order valence-electron chi connectivity index (χ4n) is 5.39. The molecule has 2 aliphatic rings. The van der Waals surface area contributed by atoms with Gasteiger partial charge in [-0.2, -0.15) is 0 Å². The van der Waals surface area contributed by atoms with E-state index in [9.17, 15) is 9.50 Å². The lowest BCUT2D eigenvalue weighted by molar-refractivity contribution is 0.198. The molecule has 0 aromatic heterocycles. The van der Waals surface area contributed by atoms with Gasteiger partial charge in [0.2, 0.25) is 0 Å². The van der Waals surface area contributed by atoms with Gasteiger partial charge in [0.15, 0.2) is 0 Å². The van der Waals surface area contributed by atoms with Crippen LogP contribution in [0.3, 0.4) is 0 Å². The second-order valence-corrected chi connectivity index (χ2v) is 9.57. The molecule has 1 aliphatic heterocycles. The second kappa shape index (κ2) is 10.5. The lowest BCUT2D eigenvalue weighted by Crippen LogP contribution is -2.26. The Morgan fingerprint density at radius 1 is 1.00 bits per heavy atom. The highest BCUT2D eigenvalue weighted by Gasteiger charge is 2.24. The summed E-state index contributed by atoms with van der Waals surface area (Å²) in [5.41, 5.74) is 13.9. The number of phenolic OH excluding ortho intramolecular Hbond substituents is 1. The van der Waals surface area contributed by atoms with Crippen LogP contribution in [0.4, 0.5) is 10.1 Å². The highest BCUT2D eigenvalue weighted by molar-refractivity contribution is 6.00. The second-order valence-electron chi connectivity index (χ2n) is 9.57. The number of alkyl halides is 1. The first-order valence-electron chi connectivity index (χ1n) is 12.6. The van der Waals surface area contributed by atoms with Gasteiger partial charge in [0, 0.05) is 25.3 Å². The fourth-order valence-corrected chi connectivity index (χ4v) is 5.39. The first-order valence-corrected chi connectivity index (χ1v) is 12.6. The fraction of sp³-hybridized carbons (Fsp3) is 0.333. The van der Waals surface area contributed by atoms with Crippen LogP contribution < -0.4 is 10.5 Å². The lowest BCUT2D eigenvalue weighted by Gasteiger charge is -2.19. The van der Waals surface area contributed by atoms with E-state index < -0.39 is 0 Å². The van der Waals surface area contributed by atoms with Crippen molar-refractivity contribution in [3.63, 3.8) is 0 Å². The number of hydrogen-bond donors (Lipinski definition) is 2. The van der Waals surface area contributed by atoms with Crippen LogP contribution in [0.2, 0.25) is 0 Å². The highest BCUT2D eigenvalue weighted by Crippen LogP contribution is 2.41. The molecule has 35 heavy (non-hydrogen) atoms. The molecule has 0 bridgehead atoms. The summed E-state index contributed by atoms with van der Waals surface area (Å²) in [6.07, 6.45) is 4.56. The summed E-state index contributed by atoms with van der Waals surface area (Å²) in [6.45, 7) is 2.34. The molecule has 1 fully saturated rings. The molecule has 5 rings (SSSR count). The van der Waals surface area contributed by atoms with Crippen molar-refractivity contribution in [3.05, 3.63) is 89.0 Å². The van der Waals surface area contributed by atoms with Gasteiger partial charge >= 0.3 is 0 Å². The van der Waals surface area contributed by atoms with Gasteiger partial charge < -0.3 is 15.6 Å². The summed E-state index contributed by atoms with van der Waals surface area (Å²) < 4.78 is 18.8. The van der Waals surface area contributed by atoms with E-state index in [2.05, 4.69) is 35.2 Å². The van der Waals surface area contributed by atoms with Gasteiger partial charge in [-0.05, 0) is 102 Å². The third-order valence-electron chi connectivity index (χ3n) is 7.05. The van der Waals surface area contributed by atoms with Crippen molar-refractivity contribution in [1.82, 2.24) is 4.90 Å². The number of rotatable bonds is 7. The van der Waals surface area contributed by atoms with E-state index >= 15 is 0 Å². The molecule has 3 aromatic carbocycles. The Kier molecular flexibility index (Phi) is 7.05. The predicted octanol–water partition coefficient (Wildman–Crippen LogP) is 6.08. The van der Waals surface area contributed by atoms with Crippen LogP contribution in [0.25, 0.3) is 11.1 Å². The number of fused-ring (bicyclic) bond motifs is 1. The van der Waals surface area contributed by atoms with Crippen molar-refractivity contribution in [2.24, 2.45) is 0 Å². The minimum Gasteiger partial charge on any atom is -0.508 e. The zero-order valence-corrected chi connectivity index (χ0v) is 20.1. The molecule has 1 aliphatic carbocycles. The van der Waals surface area contributed by atoms with E-state index in [1.807, 2.05) is 30.3 Å².